The van der Waals surface area contributed by atoms with E-state index in [2.05, 4.69) is 0 Å². The molecule has 0 bridgehead atoms. The summed E-state index contributed by atoms with van der Waals surface area (Å²) < 4.78 is 55.4. The van der Waals surface area contributed by atoms with Gasteiger partial charge in [0.1, 0.15) is 0 Å². The Labute approximate surface area is 254 Å². The molecule has 0 aliphatic rings. The van der Waals surface area contributed by atoms with Gasteiger partial charge in [0.2, 0.25) is 0 Å². The molecule has 208 valence electrons. The first-order valence-electron chi connectivity index (χ1n) is 12.8. The Hall–Kier alpha value is -3.87. The fourth-order valence-corrected chi connectivity index (χ4v) is 3.51. The zero-order chi connectivity index (χ0) is 28.4. The van der Waals surface area contributed by atoms with Gasteiger partial charge in [0, 0.05) is 61.1 Å². The molecule has 0 N–H and O–H groups in total. The average Bonchev–Trinajstić information content (AvgIpc) is 3.79. The van der Waals surface area contributed by atoms with Crippen LogP contribution in [-0.2, 0) is 47.6 Å². The third-order valence-corrected chi connectivity index (χ3v) is 5.61. The van der Waals surface area contributed by atoms with Crippen LogP contribution >= 0.6 is 0 Å². The number of hydrogen-bond acceptors (Lipinski definition) is 0. The van der Waals surface area contributed by atoms with Crippen LogP contribution in [-0.4, -0.2) is 9.13 Å². The topological polar surface area (TPSA) is 9.86 Å². The van der Waals surface area contributed by atoms with Crippen molar-refractivity contribution in [3.8, 4) is 0 Å². The SMILES string of the molecule is Fc1[c-]c(F)c(CCn2cccc2)cc1.Fc1[c-]c(F)c(CCn2cccc2)cc1.[Ti+4].c1cc[cH-]c1.c1cc[cH-]c1. The van der Waals surface area contributed by atoms with E-state index in [0.717, 1.165) is 0 Å². The molecule has 0 fully saturated rings. The van der Waals surface area contributed by atoms with Crippen molar-refractivity contribution < 1.29 is 39.3 Å². The summed E-state index contributed by atoms with van der Waals surface area (Å²) in [5.41, 5.74) is 0.982. The third kappa shape index (κ3) is 13.4. The second kappa shape index (κ2) is 19.3. The Morgan fingerprint density at radius 2 is 0.854 bits per heavy atom. The van der Waals surface area contributed by atoms with Crippen molar-refractivity contribution in [1.82, 2.24) is 9.13 Å². The molecule has 0 unspecified atom stereocenters. The van der Waals surface area contributed by atoms with Crippen LogP contribution in [0.2, 0.25) is 0 Å². The summed E-state index contributed by atoms with van der Waals surface area (Å²) in [6, 6.07) is 37.1. The van der Waals surface area contributed by atoms with Crippen molar-refractivity contribution in [1.29, 1.82) is 0 Å². The van der Waals surface area contributed by atoms with Gasteiger partial charge in [-0.3, -0.25) is 0 Å². The van der Waals surface area contributed by atoms with Gasteiger partial charge in [-0.2, -0.15) is 48.5 Å². The van der Waals surface area contributed by atoms with E-state index in [1.165, 1.54) is 24.3 Å². The van der Waals surface area contributed by atoms with Gasteiger partial charge in [-0.15, -0.1) is 35.4 Å². The first-order chi connectivity index (χ1) is 19.5. The third-order valence-electron chi connectivity index (χ3n) is 5.61. The summed E-state index contributed by atoms with van der Waals surface area (Å²) in [5, 5.41) is 0. The fraction of sp³-hybridized carbons (Fsp3) is 0.118. The molecule has 0 saturated carbocycles. The smallest absolute Gasteiger partial charge is 0.355 e. The Morgan fingerprint density at radius 3 is 1.12 bits per heavy atom. The maximum absolute atomic E-state index is 13.2. The second-order valence-corrected chi connectivity index (χ2v) is 8.56. The quantitative estimate of drug-likeness (QED) is 0.105. The van der Waals surface area contributed by atoms with Crippen LogP contribution in [0.1, 0.15) is 11.1 Å². The molecule has 2 nitrogen and oxygen atoms in total. The molecule has 4 aromatic carbocycles. The van der Waals surface area contributed by atoms with E-state index in [0.29, 0.717) is 37.1 Å². The Morgan fingerprint density at radius 1 is 0.512 bits per heavy atom. The standard InChI is InChI=1S/2C12H10F2N.2C5H5.Ti/c2*13-11-4-3-10(12(14)9-11)5-8-15-6-1-2-7-15;2*1-2-4-5-3-1;/h2*1-4,6-7H,5,8H2;2*1-5H;/q4*-1;+4. The van der Waals surface area contributed by atoms with Gasteiger partial charge in [-0.25, -0.2) is 41.8 Å². The van der Waals surface area contributed by atoms with Crippen LogP contribution in [0.25, 0.3) is 0 Å². The largest absolute Gasteiger partial charge is 4.00 e. The van der Waals surface area contributed by atoms with Crippen molar-refractivity contribution in [3.63, 3.8) is 0 Å². The average molecular weight is 590 g/mol. The summed E-state index contributed by atoms with van der Waals surface area (Å²) in [6.07, 6.45) is 8.71. The maximum atomic E-state index is 13.2. The number of aryl methyl sites for hydroxylation is 4. The molecule has 0 radical (unpaired) electrons. The van der Waals surface area contributed by atoms with Crippen molar-refractivity contribution >= 4 is 0 Å². The van der Waals surface area contributed by atoms with Gasteiger partial charge in [-0.05, 0) is 24.3 Å². The van der Waals surface area contributed by atoms with Gasteiger partial charge < -0.3 is 9.13 Å². The number of benzene rings is 2. The molecular weight excluding hydrogens is 560 g/mol. The zero-order valence-corrected chi connectivity index (χ0v) is 24.0. The molecule has 6 rings (SSSR count). The van der Waals surface area contributed by atoms with E-state index in [-0.39, 0.29) is 21.7 Å². The molecule has 41 heavy (non-hydrogen) atoms. The van der Waals surface area contributed by atoms with Crippen LogP contribution in [0, 0.1) is 35.4 Å². The minimum atomic E-state index is -0.655. The summed E-state index contributed by atoms with van der Waals surface area (Å²) >= 11 is 0. The minimum Gasteiger partial charge on any atom is -0.355 e. The number of aromatic nitrogens is 2. The van der Waals surface area contributed by atoms with Gasteiger partial charge in [-0.1, -0.05) is 12.8 Å². The number of hydrogen-bond donors (Lipinski definition) is 0. The molecule has 0 aliphatic heterocycles. The normalized spacial score (nSPS) is 9.66. The number of halogens is 4. The molecule has 0 spiro atoms. The molecule has 6 aromatic rings. The summed E-state index contributed by atoms with van der Waals surface area (Å²) in [4.78, 5) is 0. The molecule has 2 aromatic heterocycles. The predicted octanol–water partition coefficient (Wildman–Crippen LogP) is 8.43. The molecular formula is C34H30F4N2Ti. The van der Waals surface area contributed by atoms with E-state index < -0.39 is 23.3 Å². The molecule has 0 amide bonds. The number of nitrogens with zero attached hydrogens (tertiary/aromatic N) is 2. The minimum absolute atomic E-state index is 0. The molecule has 0 aliphatic carbocycles. The molecule has 0 atom stereocenters. The predicted molar refractivity (Wildman–Crippen MR) is 151 cm³/mol. The van der Waals surface area contributed by atoms with E-state index in [1.54, 1.807) is 0 Å². The zero-order valence-electron chi connectivity index (χ0n) is 22.4. The van der Waals surface area contributed by atoms with Crippen LogP contribution < -0.4 is 0 Å². The summed E-state index contributed by atoms with van der Waals surface area (Å²) in [6.45, 7) is 1.37. The van der Waals surface area contributed by atoms with Gasteiger partial charge >= 0.3 is 21.7 Å². The van der Waals surface area contributed by atoms with Crippen molar-refractivity contribution in [2.45, 2.75) is 25.9 Å². The summed E-state index contributed by atoms with van der Waals surface area (Å²) in [5.74, 6) is -2.50. The van der Waals surface area contributed by atoms with E-state index in [1.807, 2.05) is 131 Å². The van der Waals surface area contributed by atoms with Crippen molar-refractivity contribution in [2.75, 3.05) is 0 Å². The van der Waals surface area contributed by atoms with Crippen LogP contribution in [0.5, 0.6) is 0 Å². The first-order valence-corrected chi connectivity index (χ1v) is 12.8. The van der Waals surface area contributed by atoms with Crippen molar-refractivity contribution in [2.24, 2.45) is 0 Å². The van der Waals surface area contributed by atoms with Crippen molar-refractivity contribution in [3.05, 3.63) is 181 Å². The Balaban J connectivity index is 0.000000211. The molecule has 7 heteroatoms. The van der Waals surface area contributed by atoms with Gasteiger partial charge in [0.15, 0.2) is 0 Å². The number of rotatable bonds is 6. The van der Waals surface area contributed by atoms with Crippen LogP contribution in [0.3, 0.4) is 0 Å². The van der Waals surface area contributed by atoms with Crippen LogP contribution in [0.4, 0.5) is 17.6 Å². The monoisotopic (exact) mass is 590 g/mol. The maximum Gasteiger partial charge on any atom is 4.00 e. The summed E-state index contributed by atoms with van der Waals surface area (Å²) in [7, 11) is 0. The van der Waals surface area contributed by atoms with E-state index in [9.17, 15) is 17.6 Å². The second-order valence-electron chi connectivity index (χ2n) is 8.56. The van der Waals surface area contributed by atoms with Crippen LogP contribution in [0.15, 0.2) is 134 Å². The van der Waals surface area contributed by atoms with Gasteiger partial charge in [0.25, 0.3) is 0 Å². The first kappa shape index (κ1) is 33.3. The van der Waals surface area contributed by atoms with Gasteiger partial charge in [0.05, 0.1) is 0 Å². The van der Waals surface area contributed by atoms with E-state index >= 15 is 0 Å². The fourth-order valence-electron chi connectivity index (χ4n) is 3.51. The molecule has 0 saturated heterocycles. The Kier molecular flexibility index (Phi) is 15.7. The molecule has 2 heterocycles. The van der Waals surface area contributed by atoms with E-state index in [4.69, 9.17) is 0 Å². The Bertz CT molecular complexity index is 1280.